The molecule has 0 spiro atoms. The van der Waals surface area contributed by atoms with Crippen LogP contribution < -0.4 is 11.0 Å². The maximum Gasteiger partial charge on any atom is 0.346 e. The molecule has 1 aromatic heterocycles. The minimum absolute atomic E-state index is 0.0479. The number of carbonyl (C=O) groups is 1. The van der Waals surface area contributed by atoms with Gasteiger partial charge in [0.2, 0.25) is 5.91 Å². The smallest absolute Gasteiger partial charge is 0.324 e. The summed E-state index contributed by atoms with van der Waals surface area (Å²) in [5.74, 6) is 0.544. The topological polar surface area (TPSA) is 68.9 Å². The number of hydrogen-bond donors (Lipinski definition) is 1. The van der Waals surface area contributed by atoms with Crippen LogP contribution >= 0.6 is 0 Å². The van der Waals surface area contributed by atoms with Crippen LogP contribution in [0.25, 0.3) is 0 Å². The third kappa shape index (κ3) is 2.49. The average Bonchev–Trinajstić information content (AvgIpc) is 2.77. The lowest BCUT2D eigenvalue weighted by atomic mass is 10.2. The second kappa shape index (κ2) is 5.32. The number of nitrogens with zero attached hydrogens (tertiary/aromatic N) is 3. The molecule has 0 fully saturated rings. The van der Waals surface area contributed by atoms with Crippen LogP contribution in [0.4, 0.5) is 5.69 Å². The molecule has 0 radical (unpaired) electrons. The van der Waals surface area contributed by atoms with Gasteiger partial charge in [-0.3, -0.25) is 9.36 Å². The number of anilines is 1. The normalized spacial score (nSPS) is 13.8. The van der Waals surface area contributed by atoms with Crippen molar-refractivity contribution >= 4 is 11.6 Å². The van der Waals surface area contributed by atoms with E-state index in [1.165, 1.54) is 4.68 Å². The van der Waals surface area contributed by atoms with Gasteiger partial charge in [-0.05, 0) is 25.0 Å². The lowest BCUT2D eigenvalue weighted by Crippen LogP contribution is -2.30. The minimum atomic E-state index is -0.242. The Kier molecular flexibility index (Phi) is 3.37. The fourth-order valence-electron chi connectivity index (χ4n) is 2.41. The molecule has 1 aliphatic rings. The van der Waals surface area contributed by atoms with Crippen molar-refractivity contribution in [3.05, 3.63) is 46.6 Å². The fraction of sp³-hybridized carbons (Fsp3) is 0.357. The summed E-state index contributed by atoms with van der Waals surface area (Å²) < 4.78 is 2.91. The molecule has 6 heteroatoms. The van der Waals surface area contributed by atoms with Gasteiger partial charge in [0.05, 0.1) is 0 Å². The van der Waals surface area contributed by atoms with E-state index in [1.54, 1.807) is 16.7 Å². The first-order valence-corrected chi connectivity index (χ1v) is 6.75. The lowest BCUT2D eigenvalue weighted by molar-refractivity contribution is -0.117. The van der Waals surface area contributed by atoms with E-state index >= 15 is 0 Å². The largest absolute Gasteiger partial charge is 0.346 e. The Hall–Kier alpha value is -2.37. The Morgan fingerprint density at radius 3 is 2.80 bits per heavy atom. The molecule has 0 atom stereocenters. The van der Waals surface area contributed by atoms with Gasteiger partial charge in [-0.1, -0.05) is 18.2 Å². The Morgan fingerprint density at radius 1 is 1.25 bits per heavy atom. The maximum atomic E-state index is 12.1. The summed E-state index contributed by atoms with van der Waals surface area (Å²) in [6, 6.07) is 9.18. The third-order valence-corrected chi connectivity index (χ3v) is 3.38. The molecule has 0 saturated carbocycles. The lowest BCUT2D eigenvalue weighted by Gasteiger charge is -2.09. The highest BCUT2D eigenvalue weighted by Crippen LogP contribution is 2.09. The van der Waals surface area contributed by atoms with E-state index < -0.39 is 0 Å². The van der Waals surface area contributed by atoms with E-state index in [0.717, 1.165) is 30.8 Å². The van der Waals surface area contributed by atoms with Crippen LogP contribution in [-0.2, 0) is 24.3 Å². The Balaban J connectivity index is 1.73. The number of fused-ring (bicyclic) bond motifs is 1. The second-order valence-corrected chi connectivity index (χ2v) is 4.88. The highest BCUT2D eigenvalue weighted by molar-refractivity contribution is 5.90. The molecule has 0 aliphatic carbocycles. The quantitative estimate of drug-likeness (QED) is 0.907. The van der Waals surface area contributed by atoms with Crippen molar-refractivity contribution in [2.24, 2.45) is 0 Å². The number of benzene rings is 1. The Bertz CT molecular complexity index is 672. The van der Waals surface area contributed by atoms with Crippen molar-refractivity contribution in [2.45, 2.75) is 32.4 Å². The SMILES string of the molecule is O=C(Cn1nc2n(c1=O)CCCC2)Nc1ccccc1. The summed E-state index contributed by atoms with van der Waals surface area (Å²) >= 11 is 0. The van der Waals surface area contributed by atoms with E-state index in [-0.39, 0.29) is 18.1 Å². The van der Waals surface area contributed by atoms with E-state index in [2.05, 4.69) is 10.4 Å². The zero-order valence-corrected chi connectivity index (χ0v) is 11.1. The zero-order chi connectivity index (χ0) is 13.9. The number of hydrogen-bond acceptors (Lipinski definition) is 3. The zero-order valence-electron chi connectivity index (χ0n) is 11.1. The fourth-order valence-corrected chi connectivity index (χ4v) is 2.41. The second-order valence-electron chi connectivity index (χ2n) is 4.88. The summed E-state index contributed by atoms with van der Waals surface area (Å²) in [7, 11) is 0. The van der Waals surface area contributed by atoms with Gasteiger partial charge in [-0.25, -0.2) is 9.48 Å². The van der Waals surface area contributed by atoms with Crippen molar-refractivity contribution in [2.75, 3.05) is 5.32 Å². The monoisotopic (exact) mass is 272 g/mol. The molecule has 20 heavy (non-hydrogen) atoms. The highest BCUT2D eigenvalue weighted by Gasteiger charge is 2.17. The molecule has 6 nitrogen and oxygen atoms in total. The maximum absolute atomic E-state index is 12.1. The van der Waals surface area contributed by atoms with Gasteiger partial charge in [0.15, 0.2) is 0 Å². The van der Waals surface area contributed by atoms with Crippen molar-refractivity contribution in [3.63, 3.8) is 0 Å². The van der Waals surface area contributed by atoms with Crippen molar-refractivity contribution in [1.82, 2.24) is 14.3 Å². The van der Waals surface area contributed by atoms with Gasteiger partial charge in [0.25, 0.3) is 0 Å². The number of aryl methyl sites for hydroxylation is 1. The van der Waals surface area contributed by atoms with Crippen LogP contribution in [0.5, 0.6) is 0 Å². The van der Waals surface area contributed by atoms with E-state index in [4.69, 9.17) is 0 Å². The van der Waals surface area contributed by atoms with Crippen molar-refractivity contribution in [1.29, 1.82) is 0 Å². The predicted molar refractivity (Wildman–Crippen MR) is 74.5 cm³/mol. The Labute approximate surface area is 116 Å². The summed E-state index contributed by atoms with van der Waals surface area (Å²) in [4.78, 5) is 24.0. The summed E-state index contributed by atoms with van der Waals surface area (Å²) in [5, 5.41) is 6.99. The molecule has 1 aliphatic heterocycles. The van der Waals surface area contributed by atoms with Gasteiger partial charge < -0.3 is 5.32 Å². The number of rotatable bonds is 3. The van der Waals surface area contributed by atoms with Gasteiger partial charge in [0, 0.05) is 18.7 Å². The first kappa shape index (κ1) is 12.7. The number of carbonyl (C=O) groups excluding carboxylic acids is 1. The molecular formula is C14H16N4O2. The number of amides is 1. The van der Waals surface area contributed by atoms with E-state index in [0.29, 0.717) is 6.54 Å². The summed E-state index contributed by atoms with van der Waals surface area (Å²) in [5.41, 5.74) is 0.525. The van der Waals surface area contributed by atoms with Crippen LogP contribution in [0.2, 0.25) is 0 Å². The van der Waals surface area contributed by atoms with Gasteiger partial charge >= 0.3 is 5.69 Å². The first-order chi connectivity index (χ1) is 9.74. The van der Waals surface area contributed by atoms with Crippen LogP contribution in [0.1, 0.15) is 18.7 Å². The number of aromatic nitrogens is 3. The molecule has 1 aromatic carbocycles. The van der Waals surface area contributed by atoms with Crippen molar-refractivity contribution in [3.8, 4) is 0 Å². The standard InChI is InChI=1S/C14H16N4O2/c19-13(15-11-6-2-1-3-7-11)10-18-14(20)17-9-5-4-8-12(17)16-18/h1-3,6-7H,4-5,8-10H2,(H,15,19). The molecule has 2 heterocycles. The predicted octanol–water partition coefficient (Wildman–Crippen LogP) is 1.02. The van der Waals surface area contributed by atoms with E-state index in [9.17, 15) is 9.59 Å². The number of para-hydroxylation sites is 1. The van der Waals surface area contributed by atoms with E-state index in [1.807, 2.05) is 18.2 Å². The van der Waals surface area contributed by atoms with Crippen molar-refractivity contribution < 1.29 is 4.79 Å². The molecule has 2 aromatic rings. The molecule has 0 unspecified atom stereocenters. The minimum Gasteiger partial charge on any atom is -0.324 e. The third-order valence-electron chi connectivity index (χ3n) is 3.38. The van der Waals surface area contributed by atoms with Gasteiger partial charge in [-0.2, -0.15) is 5.10 Å². The van der Waals surface area contributed by atoms with Crippen LogP contribution in [0, 0.1) is 0 Å². The number of nitrogens with one attached hydrogen (secondary N) is 1. The van der Waals surface area contributed by atoms with Gasteiger partial charge in [-0.15, -0.1) is 0 Å². The van der Waals surface area contributed by atoms with Crippen LogP contribution in [0.15, 0.2) is 35.1 Å². The molecule has 3 rings (SSSR count). The highest BCUT2D eigenvalue weighted by atomic mass is 16.2. The molecule has 0 saturated heterocycles. The molecule has 104 valence electrons. The first-order valence-electron chi connectivity index (χ1n) is 6.75. The summed E-state index contributed by atoms with van der Waals surface area (Å²) in [6.45, 7) is 0.655. The van der Waals surface area contributed by atoms with Gasteiger partial charge in [0.1, 0.15) is 12.4 Å². The van der Waals surface area contributed by atoms with Crippen LogP contribution in [0.3, 0.4) is 0 Å². The summed E-state index contributed by atoms with van der Waals surface area (Å²) in [6.07, 6.45) is 2.85. The molecular weight excluding hydrogens is 256 g/mol. The average molecular weight is 272 g/mol. The Morgan fingerprint density at radius 2 is 2.05 bits per heavy atom. The molecule has 1 N–H and O–H groups in total. The molecule has 1 amide bonds. The van der Waals surface area contributed by atoms with Crippen LogP contribution in [-0.4, -0.2) is 20.3 Å². The molecule has 0 bridgehead atoms.